The molecule has 0 saturated heterocycles. The Hall–Kier alpha value is -3.86. The fraction of sp³-hybridized carbons (Fsp3) is 0.292. The number of sulfonamides is 1. The third kappa shape index (κ3) is 3.91. The monoisotopic (exact) mass is 496 g/mol. The zero-order valence-electron chi connectivity index (χ0n) is 19.5. The van der Waals surface area contributed by atoms with Gasteiger partial charge < -0.3 is 14.8 Å². The summed E-state index contributed by atoms with van der Waals surface area (Å²) in [6.07, 6.45) is 0.637. The molecule has 5 rings (SSSR count). The second-order valence-electron chi connectivity index (χ2n) is 8.47. The van der Waals surface area contributed by atoms with Gasteiger partial charge >= 0.3 is 0 Å². The van der Waals surface area contributed by atoms with E-state index in [-0.39, 0.29) is 35.3 Å². The maximum atomic E-state index is 13.6. The molecule has 3 heterocycles. The smallest absolute Gasteiger partial charge is 0.268 e. The number of ketones is 1. The Bertz CT molecular complexity index is 1480. The number of rotatable bonds is 6. The van der Waals surface area contributed by atoms with Gasteiger partial charge in [0.05, 0.1) is 22.8 Å². The van der Waals surface area contributed by atoms with Crippen molar-refractivity contribution in [2.24, 2.45) is 0 Å². The van der Waals surface area contributed by atoms with Crippen molar-refractivity contribution in [2.75, 3.05) is 23.0 Å². The lowest BCUT2D eigenvalue weighted by molar-refractivity contribution is -0.116. The van der Waals surface area contributed by atoms with Crippen LogP contribution in [-0.2, 0) is 27.8 Å². The largest absolute Gasteiger partial charge is 0.454 e. The number of ether oxygens (including phenoxy) is 2. The molecule has 35 heavy (non-hydrogen) atoms. The molecule has 2 aliphatic heterocycles. The standard InChI is InChI=1S/C24H24N4O6S/c1-14-24(35(31,32)28-9-8-17-6-4-5-7-20(17)28)15(2)27(26-14)12-23(30)25-19-11-22-21(33-13-34-22)10-18(19)16(3)29/h4-7,10-11H,8-9,12-13H2,1-3H3,(H,25,30). The average molecular weight is 497 g/mol. The van der Waals surface area contributed by atoms with E-state index in [9.17, 15) is 18.0 Å². The summed E-state index contributed by atoms with van der Waals surface area (Å²) in [6, 6.07) is 10.5. The van der Waals surface area contributed by atoms with E-state index in [1.807, 2.05) is 18.2 Å². The number of fused-ring (bicyclic) bond motifs is 2. The van der Waals surface area contributed by atoms with Crippen molar-refractivity contribution in [3.63, 3.8) is 0 Å². The van der Waals surface area contributed by atoms with E-state index in [1.165, 1.54) is 22.0 Å². The molecule has 0 radical (unpaired) electrons. The van der Waals surface area contributed by atoms with Gasteiger partial charge in [0.15, 0.2) is 17.3 Å². The predicted octanol–water partition coefficient (Wildman–Crippen LogP) is 2.82. The summed E-state index contributed by atoms with van der Waals surface area (Å²) in [7, 11) is -3.87. The lowest BCUT2D eigenvalue weighted by Crippen LogP contribution is -2.30. The van der Waals surface area contributed by atoms with Crippen LogP contribution in [0.15, 0.2) is 41.3 Å². The minimum absolute atomic E-state index is 0.0363. The third-order valence-corrected chi connectivity index (χ3v) is 8.23. The van der Waals surface area contributed by atoms with E-state index in [0.717, 1.165) is 5.56 Å². The first-order valence-corrected chi connectivity index (χ1v) is 12.5. The van der Waals surface area contributed by atoms with Crippen molar-refractivity contribution in [3.05, 3.63) is 58.9 Å². The van der Waals surface area contributed by atoms with Gasteiger partial charge in [-0.2, -0.15) is 5.10 Å². The molecule has 0 spiro atoms. The Morgan fingerprint density at radius 3 is 2.57 bits per heavy atom. The molecule has 0 bridgehead atoms. The van der Waals surface area contributed by atoms with Gasteiger partial charge in [-0.05, 0) is 44.9 Å². The van der Waals surface area contributed by atoms with Crippen LogP contribution in [0.2, 0.25) is 0 Å². The molecule has 2 aromatic carbocycles. The van der Waals surface area contributed by atoms with Crippen LogP contribution >= 0.6 is 0 Å². The number of aromatic nitrogens is 2. The third-order valence-electron chi connectivity index (χ3n) is 6.17. The number of benzene rings is 2. The van der Waals surface area contributed by atoms with Gasteiger partial charge in [0.2, 0.25) is 12.7 Å². The summed E-state index contributed by atoms with van der Waals surface area (Å²) in [5.74, 6) is 0.150. The molecule has 1 amide bonds. The average Bonchev–Trinajstić information content (AvgIpc) is 3.50. The van der Waals surface area contributed by atoms with Crippen LogP contribution in [0.25, 0.3) is 0 Å². The zero-order chi connectivity index (χ0) is 24.9. The van der Waals surface area contributed by atoms with E-state index in [2.05, 4.69) is 10.4 Å². The molecular weight excluding hydrogens is 472 g/mol. The highest BCUT2D eigenvalue weighted by Gasteiger charge is 2.35. The van der Waals surface area contributed by atoms with Crippen LogP contribution in [0.1, 0.15) is 34.2 Å². The van der Waals surface area contributed by atoms with E-state index < -0.39 is 15.9 Å². The topological polar surface area (TPSA) is 120 Å². The quantitative estimate of drug-likeness (QED) is 0.521. The summed E-state index contributed by atoms with van der Waals surface area (Å²) in [5.41, 5.74) is 2.88. The number of para-hydroxylation sites is 1. The molecular formula is C24H24N4O6S. The van der Waals surface area contributed by atoms with Gasteiger partial charge in [-0.25, -0.2) is 8.42 Å². The van der Waals surface area contributed by atoms with Crippen molar-refractivity contribution >= 4 is 33.1 Å². The number of amides is 1. The minimum atomic E-state index is -3.87. The second kappa shape index (κ2) is 8.42. The highest BCUT2D eigenvalue weighted by Crippen LogP contribution is 2.38. The van der Waals surface area contributed by atoms with Gasteiger partial charge in [0.25, 0.3) is 10.0 Å². The lowest BCUT2D eigenvalue weighted by Gasteiger charge is -2.19. The molecule has 1 aromatic heterocycles. The summed E-state index contributed by atoms with van der Waals surface area (Å²) in [5, 5.41) is 7.06. The van der Waals surface area contributed by atoms with Gasteiger partial charge in [-0.1, -0.05) is 18.2 Å². The molecule has 182 valence electrons. The SMILES string of the molecule is CC(=O)c1cc2c(cc1NC(=O)Cn1nc(C)c(S(=O)(=O)N3CCc4ccccc43)c1C)OCO2. The van der Waals surface area contributed by atoms with E-state index in [0.29, 0.717) is 41.5 Å². The molecule has 0 atom stereocenters. The first-order valence-electron chi connectivity index (χ1n) is 11.1. The Kier molecular flexibility index (Phi) is 5.51. The molecule has 11 heteroatoms. The van der Waals surface area contributed by atoms with E-state index in [4.69, 9.17) is 9.47 Å². The van der Waals surface area contributed by atoms with Crippen LogP contribution in [0, 0.1) is 13.8 Å². The summed E-state index contributed by atoms with van der Waals surface area (Å²) >= 11 is 0. The Balaban J connectivity index is 1.41. The normalized spacial score (nSPS) is 14.2. The maximum Gasteiger partial charge on any atom is 0.268 e. The highest BCUT2D eigenvalue weighted by atomic mass is 32.2. The first kappa shape index (κ1) is 22.9. The highest BCUT2D eigenvalue weighted by molar-refractivity contribution is 7.93. The summed E-state index contributed by atoms with van der Waals surface area (Å²) in [4.78, 5) is 25.1. The van der Waals surface area contributed by atoms with E-state index in [1.54, 1.807) is 26.0 Å². The second-order valence-corrected chi connectivity index (χ2v) is 10.3. The van der Waals surface area contributed by atoms with Crippen molar-refractivity contribution in [1.29, 1.82) is 0 Å². The van der Waals surface area contributed by atoms with Gasteiger partial charge in [0.1, 0.15) is 11.4 Å². The Morgan fingerprint density at radius 2 is 1.83 bits per heavy atom. The Morgan fingerprint density at radius 1 is 1.11 bits per heavy atom. The van der Waals surface area contributed by atoms with Crippen LogP contribution in [0.5, 0.6) is 11.5 Å². The molecule has 0 fully saturated rings. The molecule has 0 saturated carbocycles. The number of carbonyl (C=O) groups is 2. The number of hydrogen-bond acceptors (Lipinski definition) is 7. The fourth-order valence-corrected chi connectivity index (χ4v) is 6.42. The van der Waals surface area contributed by atoms with Crippen LogP contribution in [0.3, 0.4) is 0 Å². The van der Waals surface area contributed by atoms with Crippen molar-refractivity contribution < 1.29 is 27.5 Å². The zero-order valence-corrected chi connectivity index (χ0v) is 20.3. The van der Waals surface area contributed by atoms with Crippen LogP contribution in [-0.4, -0.2) is 43.2 Å². The number of nitrogens with zero attached hydrogens (tertiary/aromatic N) is 3. The Labute approximate surface area is 202 Å². The first-order chi connectivity index (χ1) is 16.7. The number of aryl methyl sites for hydroxylation is 1. The van der Waals surface area contributed by atoms with Crippen molar-refractivity contribution in [1.82, 2.24) is 9.78 Å². The van der Waals surface area contributed by atoms with E-state index >= 15 is 0 Å². The van der Waals surface area contributed by atoms with Gasteiger partial charge in [-0.3, -0.25) is 18.6 Å². The minimum Gasteiger partial charge on any atom is -0.454 e. The van der Waals surface area contributed by atoms with Gasteiger partial charge in [0, 0.05) is 18.2 Å². The predicted molar refractivity (Wildman–Crippen MR) is 128 cm³/mol. The molecule has 1 N–H and O–H groups in total. The number of Topliss-reactive ketones (excluding diaryl/α,β-unsaturated/α-hetero) is 1. The van der Waals surface area contributed by atoms with Gasteiger partial charge in [-0.15, -0.1) is 0 Å². The summed E-state index contributed by atoms with van der Waals surface area (Å²) < 4.78 is 40.6. The van der Waals surface area contributed by atoms with Crippen molar-refractivity contribution in [3.8, 4) is 11.5 Å². The lowest BCUT2D eigenvalue weighted by atomic mass is 10.1. The molecule has 3 aromatic rings. The van der Waals surface area contributed by atoms with Crippen molar-refractivity contribution in [2.45, 2.75) is 38.6 Å². The summed E-state index contributed by atoms with van der Waals surface area (Å²) in [6.45, 7) is 4.79. The fourth-order valence-electron chi connectivity index (χ4n) is 4.54. The molecule has 0 unspecified atom stereocenters. The number of carbonyl (C=O) groups excluding carboxylic acids is 2. The van der Waals surface area contributed by atoms with Crippen LogP contribution in [0.4, 0.5) is 11.4 Å². The maximum absolute atomic E-state index is 13.6. The van der Waals surface area contributed by atoms with Crippen LogP contribution < -0.4 is 19.1 Å². The molecule has 0 aliphatic carbocycles. The number of hydrogen-bond donors (Lipinski definition) is 1. The number of nitrogens with one attached hydrogen (secondary N) is 1. The molecule has 2 aliphatic rings. The molecule has 10 nitrogen and oxygen atoms in total. The number of anilines is 2.